The highest BCUT2D eigenvalue weighted by Crippen LogP contribution is 2.00. The molecule has 5 nitrogen and oxygen atoms in total. The Labute approximate surface area is 121 Å². The second-order valence-electron chi connectivity index (χ2n) is 3.92. The molecule has 0 aromatic heterocycles. The third-order valence-corrected chi connectivity index (χ3v) is 2.27. The third kappa shape index (κ3) is 6.15. The summed E-state index contributed by atoms with van der Waals surface area (Å²) in [5, 5.41) is 8.38. The van der Waals surface area contributed by atoms with Crippen LogP contribution in [-0.4, -0.2) is 23.0 Å². The quantitative estimate of drug-likeness (QED) is 0.678. The van der Waals surface area contributed by atoms with Crippen molar-refractivity contribution in [3.05, 3.63) is 71.8 Å². The fourth-order valence-corrected chi connectivity index (χ4v) is 1.34. The molecule has 0 aliphatic rings. The molecule has 0 aliphatic heterocycles. The number of carbonyl (C=O) groups is 3. The van der Waals surface area contributed by atoms with Gasteiger partial charge in [-0.05, 0) is 24.3 Å². The van der Waals surface area contributed by atoms with E-state index in [2.05, 4.69) is 4.74 Å². The summed E-state index contributed by atoms with van der Waals surface area (Å²) >= 11 is 0. The van der Waals surface area contributed by atoms with E-state index in [1.807, 2.05) is 0 Å². The van der Waals surface area contributed by atoms with E-state index in [0.717, 1.165) is 0 Å². The predicted molar refractivity (Wildman–Crippen MR) is 75.9 cm³/mol. The largest absolute Gasteiger partial charge is 0.478 e. The maximum Gasteiger partial charge on any atom is 0.345 e. The minimum Gasteiger partial charge on any atom is -0.478 e. The fraction of sp³-hybridized carbons (Fsp3) is 0.0625. The second kappa shape index (κ2) is 8.27. The Morgan fingerprint density at radius 3 is 1.57 bits per heavy atom. The van der Waals surface area contributed by atoms with Crippen LogP contribution in [-0.2, 0) is 9.53 Å². The molecule has 0 aliphatic carbocycles. The average molecular weight is 286 g/mol. The highest BCUT2D eigenvalue weighted by Gasteiger charge is 2.07. The van der Waals surface area contributed by atoms with E-state index in [1.165, 1.54) is 6.92 Å². The van der Waals surface area contributed by atoms with E-state index in [0.29, 0.717) is 11.1 Å². The molecule has 0 fully saturated rings. The summed E-state index contributed by atoms with van der Waals surface area (Å²) in [4.78, 5) is 31.6. The van der Waals surface area contributed by atoms with Crippen LogP contribution in [0.25, 0.3) is 0 Å². The molecule has 1 N–H and O–H groups in total. The van der Waals surface area contributed by atoms with Crippen LogP contribution in [0.5, 0.6) is 0 Å². The molecule has 0 unspecified atom stereocenters. The van der Waals surface area contributed by atoms with Crippen molar-refractivity contribution in [3.8, 4) is 0 Å². The molecule has 5 heteroatoms. The molecule has 21 heavy (non-hydrogen) atoms. The predicted octanol–water partition coefficient (Wildman–Crippen LogP) is 2.77. The van der Waals surface area contributed by atoms with Gasteiger partial charge in [-0.1, -0.05) is 36.4 Å². The van der Waals surface area contributed by atoms with Crippen LogP contribution >= 0.6 is 0 Å². The Kier molecular flexibility index (Phi) is 6.34. The third-order valence-electron chi connectivity index (χ3n) is 2.27. The van der Waals surface area contributed by atoms with E-state index in [9.17, 15) is 14.4 Å². The zero-order chi connectivity index (χ0) is 15.7. The van der Waals surface area contributed by atoms with Gasteiger partial charge < -0.3 is 9.84 Å². The van der Waals surface area contributed by atoms with Crippen molar-refractivity contribution in [2.45, 2.75) is 6.92 Å². The lowest BCUT2D eigenvalue weighted by Gasteiger charge is -1.97. The van der Waals surface area contributed by atoms with Crippen molar-refractivity contribution in [1.29, 1.82) is 0 Å². The minimum atomic E-state index is -0.879. The standard InChI is InChI=1S/C9H8O3.C7H6O2/c1-7(10)12-9(11)8-5-3-2-4-6-8;8-7(9)6-4-2-1-3-5-6/h2-6H,1H3;1-5H,(H,8,9). The first kappa shape index (κ1) is 16.1. The molecule has 2 aromatic rings. The lowest BCUT2D eigenvalue weighted by atomic mass is 10.2. The normalized spacial score (nSPS) is 9.00. The molecule has 0 saturated carbocycles. The minimum absolute atomic E-state index is 0.331. The van der Waals surface area contributed by atoms with Gasteiger partial charge >= 0.3 is 17.9 Å². The first-order valence-electron chi connectivity index (χ1n) is 6.07. The molecule has 2 rings (SSSR count). The molecule has 0 saturated heterocycles. The first-order chi connectivity index (χ1) is 10.0. The summed E-state index contributed by atoms with van der Waals surface area (Å²) in [5.41, 5.74) is 0.713. The Morgan fingerprint density at radius 2 is 1.24 bits per heavy atom. The number of benzene rings is 2. The molecule has 0 heterocycles. The molecule has 0 radical (unpaired) electrons. The number of rotatable bonds is 2. The van der Waals surface area contributed by atoms with Crippen molar-refractivity contribution in [1.82, 2.24) is 0 Å². The van der Waals surface area contributed by atoms with Gasteiger partial charge in [-0.3, -0.25) is 4.79 Å². The van der Waals surface area contributed by atoms with Crippen LogP contribution in [0.4, 0.5) is 0 Å². The summed E-state index contributed by atoms with van der Waals surface area (Å²) in [6.07, 6.45) is 0. The van der Waals surface area contributed by atoms with E-state index >= 15 is 0 Å². The highest BCUT2D eigenvalue weighted by atomic mass is 16.6. The fourth-order valence-electron chi connectivity index (χ4n) is 1.34. The number of esters is 2. The van der Waals surface area contributed by atoms with Gasteiger partial charge in [0, 0.05) is 6.92 Å². The van der Waals surface area contributed by atoms with E-state index in [4.69, 9.17) is 5.11 Å². The van der Waals surface area contributed by atoms with Gasteiger partial charge in [-0.2, -0.15) is 0 Å². The molecule has 2 aromatic carbocycles. The number of carboxylic acids is 1. The van der Waals surface area contributed by atoms with Crippen LogP contribution in [0, 0.1) is 0 Å². The Balaban J connectivity index is 0.000000219. The van der Waals surface area contributed by atoms with Crippen molar-refractivity contribution in [2.24, 2.45) is 0 Å². The summed E-state index contributed by atoms with van der Waals surface area (Å²) in [6, 6.07) is 16.7. The number of hydrogen-bond acceptors (Lipinski definition) is 4. The van der Waals surface area contributed by atoms with Crippen molar-refractivity contribution < 1.29 is 24.2 Å². The van der Waals surface area contributed by atoms with Crippen LogP contribution in [0.15, 0.2) is 60.7 Å². The monoisotopic (exact) mass is 286 g/mol. The molecule has 0 atom stereocenters. The maximum absolute atomic E-state index is 11.0. The van der Waals surface area contributed by atoms with Gasteiger partial charge in [0.2, 0.25) is 0 Å². The summed E-state index contributed by atoms with van der Waals surface area (Å²) in [6.45, 7) is 1.20. The number of carbonyl (C=O) groups excluding carboxylic acids is 2. The molecule has 0 spiro atoms. The molecule has 0 amide bonds. The number of carboxylic acid groups (broad SMARTS) is 1. The number of hydrogen-bond donors (Lipinski definition) is 1. The number of aromatic carboxylic acids is 1. The van der Waals surface area contributed by atoms with Crippen LogP contribution in [0.2, 0.25) is 0 Å². The SMILES string of the molecule is CC(=O)OC(=O)c1ccccc1.O=C(O)c1ccccc1. The van der Waals surface area contributed by atoms with Crippen LogP contribution in [0.3, 0.4) is 0 Å². The summed E-state index contributed by atoms with van der Waals surface area (Å²) in [5.74, 6) is -2.08. The lowest BCUT2D eigenvalue weighted by molar-refractivity contribution is -0.135. The van der Waals surface area contributed by atoms with Gasteiger partial charge in [0.15, 0.2) is 0 Å². The smallest absolute Gasteiger partial charge is 0.345 e. The topological polar surface area (TPSA) is 80.7 Å². The zero-order valence-corrected chi connectivity index (χ0v) is 11.4. The Hall–Kier alpha value is -2.95. The second-order valence-corrected chi connectivity index (χ2v) is 3.92. The maximum atomic E-state index is 11.0. The molecular weight excluding hydrogens is 272 g/mol. The average Bonchev–Trinajstić information content (AvgIpc) is 2.49. The van der Waals surface area contributed by atoms with E-state index in [1.54, 1.807) is 60.7 Å². The highest BCUT2D eigenvalue weighted by molar-refractivity contribution is 5.96. The first-order valence-corrected chi connectivity index (χ1v) is 6.07. The van der Waals surface area contributed by atoms with Gasteiger partial charge in [-0.15, -0.1) is 0 Å². The summed E-state index contributed by atoms with van der Waals surface area (Å²) < 4.78 is 4.36. The zero-order valence-electron chi connectivity index (χ0n) is 11.4. The van der Waals surface area contributed by atoms with Crippen LogP contribution in [0.1, 0.15) is 27.6 Å². The van der Waals surface area contributed by atoms with Gasteiger partial charge in [0.05, 0.1) is 11.1 Å². The van der Waals surface area contributed by atoms with Crippen molar-refractivity contribution in [3.63, 3.8) is 0 Å². The van der Waals surface area contributed by atoms with E-state index < -0.39 is 17.9 Å². The Morgan fingerprint density at radius 1 is 0.810 bits per heavy atom. The van der Waals surface area contributed by atoms with Crippen molar-refractivity contribution in [2.75, 3.05) is 0 Å². The molecular formula is C16H14O5. The van der Waals surface area contributed by atoms with Gasteiger partial charge in [0.1, 0.15) is 0 Å². The van der Waals surface area contributed by atoms with Gasteiger partial charge in [0.25, 0.3) is 0 Å². The van der Waals surface area contributed by atoms with Crippen LogP contribution < -0.4 is 0 Å². The Bertz CT molecular complexity index is 605. The molecule has 0 bridgehead atoms. The molecule has 108 valence electrons. The van der Waals surface area contributed by atoms with E-state index in [-0.39, 0.29) is 0 Å². The summed E-state index contributed by atoms with van der Waals surface area (Å²) in [7, 11) is 0. The number of ether oxygens (including phenoxy) is 1. The van der Waals surface area contributed by atoms with Crippen molar-refractivity contribution >= 4 is 17.9 Å². The lowest BCUT2D eigenvalue weighted by Crippen LogP contribution is -2.08. The van der Waals surface area contributed by atoms with Gasteiger partial charge in [-0.25, -0.2) is 9.59 Å².